The molecule has 0 bridgehead atoms. The van der Waals surface area contributed by atoms with Gasteiger partial charge in [0.2, 0.25) is 0 Å². The Kier molecular flexibility index (Phi) is 7.11. The summed E-state index contributed by atoms with van der Waals surface area (Å²) in [5.74, 6) is -0.738. The maximum Gasteiger partial charge on any atom is 0.337 e. The van der Waals surface area contributed by atoms with Gasteiger partial charge in [-0.1, -0.05) is 17.7 Å². The highest BCUT2D eigenvalue weighted by molar-refractivity contribution is 7.92. The monoisotopic (exact) mass is 528 g/mol. The molecule has 35 heavy (non-hydrogen) atoms. The number of anilines is 1. The lowest BCUT2D eigenvalue weighted by molar-refractivity contribution is 0.0697. The van der Waals surface area contributed by atoms with E-state index in [1.165, 1.54) is 36.6 Å². The van der Waals surface area contributed by atoms with Gasteiger partial charge in [0.1, 0.15) is 5.75 Å². The van der Waals surface area contributed by atoms with Crippen LogP contribution in [0.2, 0.25) is 4.34 Å². The number of carbonyl (C=O) groups is 1. The number of ether oxygens (including phenoxy) is 1. The van der Waals surface area contributed by atoms with E-state index in [2.05, 4.69) is 4.98 Å². The standard InChI is InChI=1S/C25H21ClN2O5S2/c1-16-12-18(22-9-10-23(26)34-22)13-21(25(29)30)24(16)28(15-17-4-3-11-27-14-17)35(31,32)20-7-5-19(33-2)6-8-20/h3-14H,15H2,1-2H3,(H,29,30). The summed E-state index contributed by atoms with van der Waals surface area (Å²) in [6.07, 6.45) is 3.13. The second kappa shape index (κ2) is 10.1. The van der Waals surface area contributed by atoms with Crippen molar-refractivity contribution in [1.82, 2.24) is 4.98 Å². The van der Waals surface area contributed by atoms with Crippen LogP contribution in [0.1, 0.15) is 21.5 Å². The van der Waals surface area contributed by atoms with E-state index >= 15 is 0 Å². The largest absolute Gasteiger partial charge is 0.497 e. The summed E-state index contributed by atoms with van der Waals surface area (Å²) in [5.41, 5.74) is 1.69. The summed E-state index contributed by atoms with van der Waals surface area (Å²) in [5, 5.41) is 10.1. The number of aromatic carboxylic acids is 1. The van der Waals surface area contributed by atoms with E-state index in [0.717, 1.165) is 9.18 Å². The van der Waals surface area contributed by atoms with Gasteiger partial charge in [-0.2, -0.15) is 0 Å². The van der Waals surface area contributed by atoms with Gasteiger partial charge in [-0.15, -0.1) is 11.3 Å². The van der Waals surface area contributed by atoms with Gasteiger partial charge in [0.15, 0.2) is 0 Å². The van der Waals surface area contributed by atoms with Crippen molar-refractivity contribution < 1.29 is 23.1 Å². The molecule has 2 aromatic carbocycles. The second-order valence-electron chi connectivity index (χ2n) is 7.65. The lowest BCUT2D eigenvalue weighted by atomic mass is 10.0. The summed E-state index contributed by atoms with van der Waals surface area (Å²) < 4.78 is 34.6. The minimum absolute atomic E-state index is 0.00652. The zero-order valence-electron chi connectivity index (χ0n) is 18.8. The topological polar surface area (TPSA) is 96.8 Å². The second-order valence-corrected chi connectivity index (χ2v) is 11.2. The number of aromatic nitrogens is 1. The Labute approximate surface area is 212 Å². The molecule has 180 valence electrons. The number of thiophene rings is 1. The number of methoxy groups -OCH3 is 1. The van der Waals surface area contributed by atoms with Crippen molar-refractivity contribution in [3.63, 3.8) is 0 Å². The van der Waals surface area contributed by atoms with Crippen LogP contribution >= 0.6 is 22.9 Å². The van der Waals surface area contributed by atoms with Crippen LogP contribution in [0.3, 0.4) is 0 Å². The van der Waals surface area contributed by atoms with Gasteiger partial charge in [-0.25, -0.2) is 13.2 Å². The van der Waals surface area contributed by atoms with Crippen molar-refractivity contribution in [2.75, 3.05) is 11.4 Å². The van der Waals surface area contributed by atoms with E-state index in [9.17, 15) is 18.3 Å². The van der Waals surface area contributed by atoms with Crippen LogP contribution in [-0.2, 0) is 16.6 Å². The minimum Gasteiger partial charge on any atom is -0.497 e. The number of rotatable bonds is 8. The van der Waals surface area contributed by atoms with Crippen molar-refractivity contribution in [1.29, 1.82) is 0 Å². The average molecular weight is 529 g/mol. The number of hydrogen-bond donors (Lipinski definition) is 1. The Morgan fingerprint density at radius 3 is 2.46 bits per heavy atom. The minimum atomic E-state index is -4.16. The van der Waals surface area contributed by atoms with Crippen molar-refractivity contribution in [2.45, 2.75) is 18.4 Å². The molecule has 4 aromatic rings. The number of carboxylic acid groups (broad SMARTS) is 1. The van der Waals surface area contributed by atoms with Gasteiger partial charge < -0.3 is 9.84 Å². The lowest BCUT2D eigenvalue weighted by Crippen LogP contribution is -2.32. The van der Waals surface area contributed by atoms with Gasteiger partial charge in [0.25, 0.3) is 10.0 Å². The van der Waals surface area contributed by atoms with Crippen LogP contribution in [0.15, 0.2) is 78.0 Å². The highest BCUT2D eigenvalue weighted by Gasteiger charge is 2.31. The molecule has 0 aliphatic carbocycles. The maximum atomic E-state index is 13.9. The quantitative estimate of drug-likeness (QED) is 0.307. The van der Waals surface area contributed by atoms with E-state index < -0.39 is 16.0 Å². The van der Waals surface area contributed by atoms with Crippen molar-refractivity contribution in [2.24, 2.45) is 0 Å². The number of hydrogen-bond acceptors (Lipinski definition) is 6. The maximum absolute atomic E-state index is 13.9. The summed E-state index contributed by atoms with van der Waals surface area (Å²) in [6, 6.07) is 16.2. The molecule has 2 aromatic heterocycles. The first-order valence-corrected chi connectivity index (χ1v) is 13.0. The third kappa shape index (κ3) is 5.17. The van der Waals surface area contributed by atoms with E-state index in [-0.39, 0.29) is 22.7 Å². The molecule has 0 radical (unpaired) electrons. The van der Waals surface area contributed by atoms with E-state index in [1.807, 2.05) is 0 Å². The molecule has 2 heterocycles. The highest BCUT2D eigenvalue weighted by Crippen LogP contribution is 2.38. The number of benzene rings is 2. The normalized spacial score (nSPS) is 11.3. The van der Waals surface area contributed by atoms with Crippen LogP contribution in [0.4, 0.5) is 5.69 Å². The molecule has 0 amide bonds. The molecule has 0 aliphatic rings. The third-order valence-electron chi connectivity index (χ3n) is 5.33. The fraction of sp³-hybridized carbons (Fsp3) is 0.120. The molecule has 0 fully saturated rings. The Morgan fingerprint density at radius 2 is 1.89 bits per heavy atom. The predicted octanol–water partition coefficient (Wildman–Crippen LogP) is 5.87. The number of halogens is 1. The molecular formula is C25H21ClN2O5S2. The van der Waals surface area contributed by atoms with Crippen LogP contribution < -0.4 is 9.04 Å². The number of sulfonamides is 1. The van der Waals surface area contributed by atoms with E-state index in [1.54, 1.807) is 61.8 Å². The molecule has 0 atom stereocenters. The Morgan fingerprint density at radius 1 is 1.14 bits per heavy atom. The van der Waals surface area contributed by atoms with Crippen molar-refractivity contribution in [3.05, 3.63) is 94.1 Å². The Balaban J connectivity index is 1.92. The summed E-state index contributed by atoms with van der Waals surface area (Å²) in [6.45, 7) is 1.59. The van der Waals surface area contributed by atoms with Crippen LogP contribution in [0.5, 0.6) is 5.75 Å². The number of nitrogens with zero attached hydrogens (tertiary/aromatic N) is 2. The SMILES string of the molecule is COc1ccc(S(=O)(=O)N(Cc2cccnc2)c2c(C)cc(-c3ccc(Cl)s3)cc2C(=O)O)cc1. The molecule has 0 aliphatic heterocycles. The Hall–Kier alpha value is -3.40. The summed E-state index contributed by atoms with van der Waals surface area (Å²) >= 11 is 7.39. The smallest absolute Gasteiger partial charge is 0.337 e. The van der Waals surface area contributed by atoms with Crippen LogP contribution in [0, 0.1) is 6.92 Å². The van der Waals surface area contributed by atoms with Gasteiger partial charge in [0, 0.05) is 17.3 Å². The molecule has 10 heteroatoms. The van der Waals surface area contributed by atoms with E-state index in [0.29, 0.717) is 26.8 Å². The highest BCUT2D eigenvalue weighted by atomic mass is 35.5. The first kappa shape index (κ1) is 24.7. The molecule has 0 saturated carbocycles. The fourth-order valence-corrected chi connectivity index (χ4v) is 6.27. The molecule has 0 unspecified atom stereocenters. The summed E-state index contributed by atoms with van der Waals surface area (Å²) in [7, 11) is -2.67. The molecule has 7 nitrogen and oxygen atoms in total. The molecule has 0 saturated heterocycles. The lowest BCUT2D eigenvalue weighted by Gasteiger charge is -2.28. The van der Waals surface area contributed by atoms with Gasteiger partial charge >= 0.3 is 5.97 Å². The van der Waals surface area contributed by atoms with Crippen LogP contribution in [-0.4, -0.2) is 31.6 Å². The molecule has 0 spiro atoms. The van der Waals surface area contributed by atoms with Crippen molar-refractivity contribution >= 4 is 44.6 Å². The van der Waals surface area contributed by atoms with Gasteiger partial charge in [-0.3, -0.25) is 9.29 Å². The van der Waals surface area contributed by atoms with Crippen molar-refractivity contribution in [3.8, 4) is 16.2 Å². The molecule has 4 rings (SSSR count). The average Bonchev–Trinajstić information content (AvgIpc) is 3.29. The molecular weight excluding hydrogens is 508 g/mol. The third-order valence-corrected chi connectivity index (χ3v) is 8.37. The number of aryl methyl sites for hydroxylation is 1. The van der Waals surface area contributed by atoms with Crippen LogP contribution in [0.25, 0.3) is 10.4 Å². The number of carboxylic acids is 1. The molecule has 1 N–H and O–H groups in total. The zero-order chi connectivity index (χ0) is 25.2. The van der Waals surface area contributed by atoms with Gasteiger partial charge in [-0.05, 0) is 78.2 Å². The first-order valence-electron chi connectivity index (χ1n) is 10.4. The van der Waals surface area contributed by atoms with E-state index in [4.69, 9.17) is 16.3 Å². The fourth-order valence-electron chi connectivity index (χ4n) is 3.70. The Bertz CT molecular complexity index is 1470. The predicted molar refractivity (Wildman–Crippen MR) is 137 cm³/mol. The number of pyridine rings is 1. The van der Waals surface area contributed by atoms with Gasteiger partial charge in [0.05, 0.1) is 34.1 Å². The zero-order valence-corrected chi connectivity index (χ0v) is 21.2. The first-order chi connectivity index (χ1) is 16.7. The summed E-state index contributed by atoms with van der Waals surface area (Å²) in [4.78, 5) is 17.3.